The summed E-state index contributed by atoms with van der Waals surface area (Å²) in [5.74, 6) is 0.972. The summed E-state index contributed by atoms with van der Waals surface area (Å²) < 4.78 is 19.6. The minimum atomic E-state index is -0.965. The summed E-state index contributed by atoms with van der Waals surface area (Å²) in [6, 6.07) is 16.0. The maximum absolute atomic E-state index is 13.8. The van der Waals surface area contributed by atoms with Gasteiger partial charge < -0.3 is 19.7 Å². The van der Waals surface area contributed by atoms with Crippen molar-refractivity contribution in [1.82, 2.24) is 10.2 Å². The van der Waals surface area contributed by atoms with Gasteiger partial charge >= 0.3 is 0 Å². The molecule has 0 fully saturated rings. The van der Waals surface area contributed by atoms with E-state index in [1.54, 1.807) is 25.2 Å². The van der Waals surface area contributed by atoms with Crippen LogP contribution in [0.1, 0.15) is 17.4 Å². The van der Waals surface area contributed by atoms with Crippen LogP contribution in [0.2, 0.25) is 0 Å². The van der Waals surface area contributed by atoms with E-state index in [1.165, 1.54) is 6.07 Å². The number of rotatable bonds is 5. The van der Waals surface area contributed by atoms with Gasteiger partial charge in [0.25, 0.3) is 0 Å². The second-order valence-corrected chi connectivity index (χ2v) is 6.07. The lowest BCUT2D eigenvalue weighted by Crippen LogP contribution is -2.40. The Hall–Kier alpha value is -2.86. The maximum atomic E-state index is 13.8. The molecule has 1 atom stereocenters. The fourth-order valence-electron chi connectivity index (χ4n) is 2.85. The van der Waals surface area contributed by atoms with Crippen LogP contribution >= 0.6 is 0 Å². The van der Waals surface area contributed by atoms with Crippen LogP contribution in [0.15, 0.2) is 64.0 Å². The van der Waals surface area contributed by atoms with Crippen LogP contribution in [-0.2, 0) is 6.54 Å². The van der Waals surface area contributed by atoms with Crippen molar-refractivity contribution in [2.45, 2.75) is 12.6 Å². The van der Waals surface area contributed by atoms with Gasteiger partial charge in [0.15, 0.2) is 5.96 Å². The van der Waals surface area contributed by atoms with E-state index in [9.17, 15) is 9.50 Å². The lowest BCUT2D eigenvalue weighted by atomic mass is 10.1. The van der Waals surface area contributed by atoms with Crippen molar-refractivity contribution in [2.24, 2.45) is 4.99 Å². The highest BCUT2D eigenvalue weighted by atomic mass is 19.1. The van der Waals surface area contributed by atoms with Crippen LogP contribution in [-0.4, -0.2) is 36.6 Å². The standard InChI is InChI=1S/C20H22FN3O2/c1-22-20(23-12-18(25)16-8-4-5-9-17(16)21)24(2)13-15-11-14-7-3-6-10-19(14)26-15/h3-11,18,25H,12-13H2,1-2H3,(H,22,23). The van der Waals surface area contributed by atoms with E-state index >= 15 is 0 Å². The molecule has 0 aliphatic heterocycles. The molecule has 1 aromatic heterocycles. The topological polar surface area (TPSA) is 61.0 Å². The number of nitrogens with one attached hydrogen (secondary N) is 1. The molecular weight excluding hydrogens is 333 g/mol. The molecule has 26 heavy (non-hydrogen) atoms. The van der Waals surface area contributed by atoms with E-state index < -0.39 is 11.9 Å². The van der Waals surface area contributed by atoms with Crippen LogP contribution in [0.25, 0.3) is 11.0 Å². The molecule has 0 saturated carbocycles. The smallest absolute Gasteiger partial charge is 0.193 e. The molecule has 0 radical (unpaired) electrons. The zero-order valence-electron chi connectivity index (χ0n) is 14.8. The molecule has 1 unspecified atom stereocenters. The van der Waals surface area contributed by atoms with Gasteiger partial charge in [-0.15, -0.1) is 0 Å². The summed E-state index contributed by atoms with van der Waals surface area (Å²) in [5, 5.41) is 14.3. The van der Waals surface area contributed by atoms with Crippen molar-refractivity contribution in [3.63, 3.8) is 0 Å². The zero-order chi connectivity index (χ0) is 18.5. The van der Waals surface area contributed by atoms with Crippen molar-refractivity contribution in [3.8, 4) is 0 Å². The van der Waals surface area contributed by atoms with Gasteiger partial charge in [-0.3, -0.25) is 4.99 Å². The maximum Gasteiger partial charge on any atom is 0.193 e. The summed E-state index contributed by atoms with van der Waals surface area (Å²) in [7, 11) is 3.53. The molecule has 5 nitrogen and oxygen atoms in total. The van der Waals surface area contributed by atoms with Crippen LogP contribution in [0.3, 0.4) is 0 Å². The van der Waals surface area contributed by atoms with E-state index in [0.717, 1.165) is 16.7 Å². The predicted molar refractivity (Wildman–Crippen MR) is 100 cm³/mol. The lowest BCUT2D eigenvalue weighted by Gasteiger charge is -2.22. The highest BCUT2D eigenvalue weighted by Gasteiger charge is 2.15. The Labute approximate surface area is 151 Å². The first-order valence-corrected chi connectivity index (χ1v) is 8.40. The molecule has 0 aliphatic carbocycles. The molecule has 136 valence electrons. The van der Waals surface area contributed by atoms with Gasteiger partial charge in [0.2, 0.25) is 0 Å². The largest absolute Gasteiger partial charge is 0.459 e. The van der Waals surface area contributed by atoms with Gasteiger partial charge in [0, 0.05) is 31.6 Å². The number of hydrogen-bond acceptors (Lipinski definition) is 3. The Kier molecular flexibility index (Phi) is 5.53. The number of fused-ring (bicyclic) bond motifs is 1. The van der Waals surface area contributed by atoms with Gasteiger partial charge in [-0.2, -0.15) is 0 Å². The summed E-state index contributed by atoms with van der Waals surface area (Å²) in [6.07, 6.45) is -0.965. The molecule has 1 heterocycles. The van der Waals surface area contributed by atoms with Gasteiger partial charge in [0.1, 0.15) is 17.2 Å². The first kappa shape index (κ1) is 17.9. The Bertz CT molecular complexity index is 874. The molecule has 0 saturated heterocycles. The number of furan rings is 1. The van der Waals surface area contributed by atoms with Gasteiger partial charge in [0.05, 0.1) is 12.6 Å². The van der Waals surface area contributed by atoms with E-state index in [4.69, 9.17) is 4.42 Å². The van der Waals surface area contributed by atoms with Gasteiger partial charge in [-0.25, -0.2) is 4.39 Å². The van der Waals surface area contributed by atoms with Gasteiger partial charge in [-0.05, 0) is 18.2 Å². The minimum Gasteiger partial charge on any atom is -0.459 e. The molecule has 0 amide bonds. The third kappa shape index (κ3) is 4.03. The van der Waals surface area contributed by atoms with Crippen molar-refractivity contribution < 1.29 is 13.9 Å². The zero-order valence-corrected chi connectivity index (χ0v) is 14.8. The number of hydrogen-bond donors (Lipinski definition) is 2. The Morgan fingerprint density at radius 1 is 1.23 bits per heavy atom. The Balaban J connectivity index is 1.62. The van der Waals surface area contributed by atoms with E-state index in [-0.39, 0.29) is 12.1 Å². The predicted octanol–water partition coefficient (Wildman–Crippen LogP) is 3.31. The van der Waals surface area contributed by atoms with Crippen molar-refractivity contribution >= 4 is 16.9 Å². The molecule has 2 aromatic carbocycles. The highest BCUT2D eigenvalue weighted by molar-refractivity contribution is 5.80. The monoisotopic (exact) mass is 355 g/mol. The van der Waals surface area contributed by atoms with Crippen molar-refractivity contribution in [1.29, 1.82) is 0 Å². The number of halogens is 1. The Morgan fingerprint density at radius 2 is 1.96 bits per heavy atom. The average molecular weight is 355 g/mol. The molecule has 0 bridgehead atoms. The van der Waals surface area contributed by atoms with Crippen LogP contribution in [0.4, 0.5) is 4.39 Å². The van der Waals surface area contributed by atoms with E-state index in [2.05, 4.69) is 10.3 Å². The van der Waals surface area contributed by atoms with Crippen LogP contribution < -0.4 is 5.32 Å². The lowest BCUT2D eigenvalue weighted by molar-refractivity contribution is 0.175. The summed E-state index contributed by atoms with van der Waals surface area (Å²) in [6.45, 7) is 0.669. The molecule has 2 N–H and O–H groups in total. The van der Waals surface area contributed by atoms with Crippen molar-refractivity contribution in [3.05, 3.63) is 71.7 Å². The third-order valence-corrected chi connectivity index (χ3v) is 4.16. The minimum absolute atomic E-state index is 0.151. The highest BCUT2D eigenvalue weighted by Crippen LogP contribution is 2.20. The summed E-state index contributed by atoms with van der Waals surface area (Å²) in [5.41, 5.74) is 1.10. The first-order valence-electron chi connectivity index (χ1n) is 8.40. The van der Waals surface area contributed by atoms with Crippen LogP contribution in [0, 0.1) is 5.82 Å². The van der Waals surface area contributed by atoms with Crippen molar-refractivity contribution in [2.75, 3.05) is 20.6 Å². The number of para-hydroxylation sites is 1. The molecule has 0 aliphatic rings. The molecule has 3 aromatic rings. The summed E-state index contributed by atoms with van der Waals surface area (Å²) in [4.78, 5) is 6.09. The third-order valence-electron chi connectivity index (χ3n) is 4.16. The average Bonchev–Trinajstić information content (AvgIpc) is 3.04. The fraction of sp³-hybridized carbons (Fsp3) is 0.250. The molecule has 0 spiro atoms. The number of aliphatic imine (C=N–C) groups is 1. The number of aliphatic hydroxyl groups excluding tert-OH is 1. The molecule has 3 rings (SSSR count). The summed E-state index contributed by atoms with van der Waals surface area (Å²) >= 11 is 0. The van der Waals surface area contributed by atoms with Gasteiger partial charge in [-0.1, -0.05) is 36.4 Å². The fourth-order valence-corrected chi connectivity index (χ4v) is 2.85. The SMILES string of the molecule is CN=C(NCC(O)c1ccccc1F)N(C)Cc1cc2ccccc2o1. The quantitative estimate of drug-likeness (QED) is 0.544. The molecule has 6 heteroatoms. The van der Waals surface area contributed by atoms with E-state index in [1.807, 2.05) is 42.3 Å². The number of nitrogens with zero attached hydrogens (tertiary/aromatic N) is 2. The normalized spacial score (nSPS) is 13.0. The number of guanidine groups is 1. The number of aliphatic hydroxyl groups is 1. The van der Waals surface area contributed by atoms with E-state index in [0.29, 0.717) is 12.5 Å². The molecular formula is C20H22FN3O2. The first-order chi connectivity index (χ1) is 12.6. The number of benzene rings is 2. The second kappa shape index (κ2) is 8.01. The second-order valence-electron chi connectivity index (χ2n) is 6.07. The van der Waals surface area contributed by atoms with Crippen LogP contribution in [0.5, 0.6) is 0 Å². The Morgan fingerprint density at radius 3 is 2.69 bits per heavy atom.